The van der Waals surface area contributed by atoms with Crippen LogP contribution < -0.4 is 0 Å². The summed E-state index contributed by atoms with van der Waals surface area (Å²) in [5.41, 5.74) is 0. The zero-order valence-electron chi connectivity index (χ0n) is 10.7. The largest absolute Gasteiger partial charge is 0.394 e. The van der Waals surface area contributed by atoms with Crippen LogP contribution in [0.2, 0.25) is 0 Å². The molecule has 16 heavy (non-hydrogen) atoms. The first-order valence-corrected chi connectivity index (χ1v) is 6.16. The smallest absolute Gasteiger partial charge is 0.0798 e. The number of aliphatic hydroxyl groups excluding tert-OH is 2. The average Bonchev–Trinajstić information content (AvgIpc) is 2.31. The Balaban J connectivity index is 3.68. The molecule has 0 rings (SSSR count). The van der Waals surface area contributed by atoms with Gasteiger partial charge in [0.25, 0.3) is 0 Å². The molecule has 0 bridgehead atoms. The average molecular weight is 234 g/mol. The Bertz CT molecular complexity index is 152. The van der Waals surface area contributed by atoms with Crippen molar-refractivity contribution in [1.29, 1.82) is 0 Å². The van der Waals surface area contributed by atoms with E-state index in [0.29, 0.717) is 6.42 Å². The van der Waals surface area contributed by atoms with Gasteiger partial charge in [-0.3, -0.25) is 0 Å². The summed E-state index contributed by atoms with van der Waals surface area (Å²) in [5.74, 6) is 0. The van der Waals surface area contributed by atoms with Crippen molar-refractivity contribution in [3.05, 3.63) is 0 Å². The Labute approximate surface area is 98.6 Å². The first-order chi connectivity index (χ1) is 7.63. The van der Waals surface area contributed by atoms with Crippen molar-refractivity contribution in [1.82, 2.24) is 0 Å². The summed E-state index contributed by atoms with van der Waals surface area (Å²) in [5, 5.41) is 18.5. The molecule has 0 aromatic carbocycles. The number of aliphatic hydroxyl groups is 2. The summed E-state index contributed by atoms with van der Waals surface area (Å²) in [6.07, 6.45) is 1.84. The summed E-state index contributed by atoms with van der Waals surface area (Å²) in [6, 6.07) is 0. The molecule has 0 fully saturated rings. The highest BCUT2D eigenvalue weighted by molar-refractivity contribution is 4.64. The molecule has 0 amide bonds. The molecule has 0 aromatic heterocycles. The first-order valence-electron chi connectivity index (χ1n) is 6.16. The van der Waals surface area contributed by atoms with Gasteiger partial charge < -0.3 is 19.7 Å². The Kier molecular flexibility index (Phi) is 9.92. The van der Waals surface area contributed by atoms with Gasteiger partial charge in [-0.2, -0.15) is 0 Å². The number of hydrogen-bond donors (Lipinski definition) is 2. The minimum absolute atomic E-state index is 0.0176. The van der Waals surface area contributed by atoms with E-state index < -0.39 is 6.10 Å². The molecule has 2 N–H and O–H groups in total. The Morgan fingerprint density at radius 3 is 2.38 bits per heavy atom. The molecule has 0 saturated heterocycles. The SMILES string of the molecule is CCCOC(CC)CC(O)COC(C)CO. The van der Waals surface area contributed by atoms with Gasteiger partial charge in [0.15, 0.2) is 0 Å². The van der Waals surface area contributed by atoms with E-state index in [1.54, 1.807) is 6.92 Å². The molecule has 0 aliphatic carbocycles. The van der Waals surface area contributed by atoms with Gasteiger partial charge >= 0.3 is 0 Å². The van der Waals surface area contributed by atoms with Crippen LogP contribution in [0.3, 0.4) is 0 Å². The second kappa shape index (κ2) is 10.0. The van der Waals surface area contributed by atoms with Crippen LogP contribution in [0.1, 0.15) is 40.0 Å². The predicted molar refractivity (Wildman–Crippen MR) is 63.4 cm³/mol. The number of ether oxygens (including phenoxy) is 2. The van der Waals surface area contributed by atoms with E-state index in [2.05, 4.69) is 6.92 Å². The molecule has 0 heterocycles. The van der Waals surface area contributed by atoms with Gasteiger partial charge in [-0.15, -0.1) is 0 Å². The zero-order chi connectivity index (χ0) is 12.4. The summed E-state index contributed by atoms with van der Waals surface area (Å²) < 4.78 is 10.8. The van der Waals surface area contributed by atoms with Gasteiger partial charge in [0.2, 0.25) is 0 Å². The van der Waals surface area contributed by atoms with Crippen molar-refractivity contribution < 1.29 is 19.7 Å². The molecule has 3 atom stereocenters. The molecular formula is C12H26O4. The van der Waals surface area contributed by atoms with Crippen LogP contribution in [0.4, 0.5) is 0 Å². The molecule has 0 spiro atoms. The summed E-state index contributed by atoms with van der Waals surface area (Å²) in [6.45, 7) is 6.86. The highest BCUT2D eigenvalue weighted by Crippen LogP contribution is 2.08. The monoisotopic (exact) mass is 234 g/mol. The van der Waals surface area contributed by atoms with E-state index in [1.807, 2.05) is 6.92 Å². The van der Waals surface area contributed by atoms with Gasteiger partial charge in [0.05, 0.1) is 31.5 Å². The van der Waals surface area contributed by atoms with Crippen LogP contribution in [0.5, 0.6) is 0 Å². The fourth-order valence-corrected chi connectivity index (χ4v) is 1.34. The second-order valence-corrected chi connectivity index (χ2v) is 4.12. The molecular weight excluding hydrogens is 208 g/mol. The van der Waals surface area contributed by atoms with Gasteiger partial charge in [-0.25, -0.2) is 0 Å². The highest BCUT2D eigenvalue weighted by Gasteiger charge is 2.14. The Morgan fingerprint density at radius 2 is 1.88 bits per heavy atom. The summed E-state index contributed by atoms with van der Waals surface area (Å²) in [4.78, 5) is 0. The topological polar surface area (TPSA) is 58.9 Å². The molecule has 3 unspecified atom stereocenters. The van der Waals surface area contributed by atoms with Crippen LogP contribution in [0, 0.1) is 0 Å². The van der Waals surface area contributed by atoms with Crippen LogP contribution in [0.15, 0.2) is 0 Å². The Morgan fingerprint density at radius 1 is 1.19 bits per heavy atom. The third-order valence-corrected chi connectivity index (χ3v) is 2.38. The van der Waals surface area contributed by atoms with Gasteiger partial charge in [-0.1, -0.05) is 13.8 Å². The molecule has 0 aromatic rings. The summed E-state index contributed by atoms with van der Waals surface area (Å²) in [7, 11) is 0. The highest BCUT2D eigenvalue weighted by atomic mass is 16.5. The van der Waals surface area contributed by atoms with Crippen molar-refractivity contribution in [2.24, 2.45) is 0 Å². The maximum atomic E-state index is 9.71. The third-order valence-electron chi connectivity index (χ3n) is 2.38. The molecule has 98 valence electrons. The van der Waals surface area contributed by atoms with E-state index in [1.165, 1.54) is 0 Å². The van der Waals surface area contributed by atoms with E-state index in [0.717, 1.165) is 19.4 Å². The van der Waals surface area contributed by atoms with Crippen LogP contribution >= 0.6 is 0 Å². The molecule has 4 nitrogen and oxygen atoms in total. The van der Waals surface area contributed by atoms with E-state index in [-0.39, 0.29) is 25.4 Å². The fraction of sp³-hybridized carbons (Fsp3) is 1.00. The first kappa shape index (κ1) is 15.8. The van der Waals surface area contributed by atoms with Crippen LogP contribution in [0.25, 0.3) is 0 Å². The van der Waals surface area contributed by atoms with Crippen molar-refractivity contribution in [2.45, 2.75) is 58.3 Å². The van der Waals surface area contributed by atoms with E-state index in [9.17, 15) is 5.11 Å². The van der Waals surface area contributed by atoms with Gasteiger partial charge in [0.1, 0.15) is 0 Å². The minimum Gasteiger partial charge on any atom is -0.394 e. The predicted octanol–water partition coefficient (Wildman–Crippen LogP) is 1.34. The molecule has 0 aliphatic heterocycles. The lowest BCUT2D eigenvalue weighted by Gasteiger charge is -2.20. The molecule has 0 saturated carbocycles. The lowest BCUT2D eigenvalue weighted by Crippen LogP contribution is -2.27. The standard InChI is InChI=1S/C12H26O4/c1-4-6-15-12(5-2)7-11(14)9-16-10(3)8-13/h10-14H,4-9H2,1-3H3. The normalized spacial score (nSPS) is 17.1. The molecule has 0 radical (unpaired) electrons. The van der Waals surface area contributed by atoms with Crippen LogP contribution in [-0.4, -0.2) is 48.3 Å². The fourth-order valence-electron chi connectivity index (χ4n) is 1.34. The lowest BCUT2D eigenvalue weighted by atomic mass is 10.1. The third kappa shape index (κ3) is 8.05. The maximum Gasteiger partial charge on any atom is 0.0798 e. The van der Waals surface area contributed by atoms with Crippen molar-refractivity contribution in [3.8, 4) is 0 Å². The van der Waals surface area contributed by atoms with E-state index >= 15 is 0 Å². The Hall–Kier alpha value is -0.160. The van der Waals surface area contributed by atoms with Gasteiger partial charge in [-0.05, 0) is 19.8 Å². The van der Waals surface area contributed by atoms with Crippen LogP contribution in [-0.2, 0) is 9.47 Å². The second-order valence-electron chi connectivity index (χ2n) is 4.12. The summed E-state index contributed by atoms with van der Waals surface area (Å²) >= 11 is 0. The van der Waals surface area contributed by atoms with E-state index in [4.69, 9.17) is 14.6 Å². The molecule has 4 heteroatoms. The minimum atomic E-state index is -0.518. The number of rotatable bonds is 10. The molecule has 0 aliphatic rings. The number of hydrogen-bond acceptors (Lipinski definition) is 4. The zero-order valence-corrected chi connectivity index (χ0v) is 10.7. The maximum absolute atomic E-state index is 9.71. The quantitative estimate of drug-likeness (QED) is 0.599. The lowest BCUT2D eigenvalue weighted by molar-refractivity contribution is -0.0484. The van der Waals surface area contributed by atoms with Crippen molar-refractivity contribution in [3.63, 3.8) is 0 Å². The van der Waals surface area contributed by atoms with Gasteiger partial charge in [0, 0.05) is 13.0 Å². The van der Waals surface area contributed by atoms with Crippen molar-refractivity contribution >= 4 is 0 Å². The van der Waals surface area contributed by atoms with Crippen molar-refractivity contribution in [2.75, 3.05) is 19.8 Å².